The molecule has 0 aromatic heterocycles. The minimum atomic E-state index is -0.627. The second kappa shape index (κ2) is 6.05. The molecule has 0 aromatic rings. The molecule has 0 saturated heterocycles. The smallest absolute Gasteiger partial charge is 0.156 e. The number of aliphatic hydroxyl groups is 1. The minimum Gasteiger partial charge on any atom is -0.502 e. The van der Waals surface area contributed by atoms with E-state index in [0.29, 0.717) is 12.8 Å². The topological polar surface area (TPSA) is 44.0 Å². The summed E-state index contributed by atoms with van der Waals surface area (Å²) in [5.41, 5.74) is -0.627. The maximum atomic E-state index is 9.03. The molecule has 0 fully saturated rings. The van der Waals surface area contributed by atoms with Crippen molar-refractivity contribution in [2.24, 2.45) is 5.41 Å². The minimum absolute atomic E-state index is 0.0502. The Hall–Kier alpha value is -0.530. The molecule has 0 aliphatic carbocycles. The molecule has 0 aliphatic heterocycles. The summed E-state index contributed by atoms with van der Waals surface area (Å²) in [7, 11) is 0. The summed E-state index contributed by atoms with van der Waals surface area (Å²) in [4.78, 5) is 0.763. The molecule has 1 N–H and O–H groups in total. The molecule has 0 aliphatic rings. The third-order valence-electron chi connectivity index (χ3n) is 2.18. The number of hydrogen-bond donors (Lipinski definition) is 1. The molecule has 2 nitrogen and oxygen atoms in total. The molecule has 0 bridgehead atoms. The molecule has 14 heavy (non-hydrogen) atoms. The van der Waals surface area contributed by atoms with Crippen LogP contribution in [-0.4, -0.2) is 15.0 Å². The maximum Gasteiger partial charge on any atom is 0.156 e. The zero-order chi connectivity index (χ0) is 11.2. The lowest BCUT2D eigenvalue weighted by Gasteiger charge is -2.21. The van der Waals surface area contributed by atoms with Crippen LogP contribution in [0, 0.1) is 16.7 Å². The summed E-state index contributed by atoms with van der Waals surface area (Å²) < 4.78 is 0. The van der Waals surface area contributed by atoms with Crippen molar-refractivity contribution in [3.05, 3.63) is 0 Å². The summed E-state index contributed by atoms with van der Waals surface area (Å²) in [5, 5.41) is 17.9. The van der Waals surface area contributed by atoms with Gasteiger partial charge in [-0.3, -0.25) is 0 Å². The summed E-state index contributed by atoms with van der Waals surface area (Å²) in [5.74, 6) is 0. The van der Waals surface area contributed by atoms with E-state index in [0.717, 1.165) is 17.7 Å². The number of thiocarbonyl (C=S) groups is 2. The van der Waals surface area contributed by atoms with Crippen molar-refractivity contribution in [1.29, 1.82) is 5.26 Å². The van der Waals surface area contributed by atoms with Gasteiger partial charge in [0.25, 0.3) is 0 Å². The van der Waals surface area contributed by atoms with Gasteiger partial charge < -0.3 is 5.11 Å². The van der Waals surface area contributed by atoms with Gasteiger partial charge in [-0.15, -0.1) is 0 Å². The van der Waals surface area contributed by atoms with Crippen LogP contribution in [0.25, 0.3) is 0 Å². The van der Waals surface area contributed by atoms with Crippen LogP contribution in [-0.2, 0) is 0 Å². The van der Waals surface area contributed by atoms with Crippen LogP contribution >= 0.6 is 24.4 Å². The summed E-state index contributed by atoms with van der Waals surface area (Å²) in [6, 6.07) is 2.21. The predicted molar refractivity (Wildman–Crippen MR) is 65.7 cm³/mol. The predicted octanol–water partition coefficient (Wildman–Crippen LogP) is 3.35. The Bertz CT molecular complexity index is 270. The van der Waals surface area contributed by atoms with Gasteiger partial charge in [-0.1, -0.05) is 25.6 Å². The Balaban J connectivity index is 4.40. The van der Waals surface area contributed by atoms with Gasteiger partial charge in [0, 0.05) is 11.3 Å². The lowest BCUT2D eigenvalue weighted by Crippen LogP contribution is -2.25. The van der Waals surface area contributed by atoms with E-state index in [2.05, 4.69) is 18.3 Å². The summed E-state index contributed by atoms with van der Waals surface area (Å²) in [6.45, 7) is 3.84. The summed E-state index contributed by atoms with van der Waals surface area (Å²) in [6.07, 6.45) is 2.60. The number of rotatable bonds is 6. The van der Waals surface area contributed by atoms with Crippen molar-refractivity contribution in [3.63, 3.8) is 0 Å². The first-order valence-electron chi connectivity index (χ1n) is 4.62. The van der Waals surface area contributed by atoms with E-state index in [9.17, 15) is 0 Å². The van der Waals surface area contributed by atoms with Crippen molar-refractivity contribution < 1.29 is 5.11 Å². The SMILES string of the molecule is CCCC(=S)C(C)(C#N)CCC(O)=S. The highest BCUT2D eigenvalue weighted by Gasteiger charge is 2.28. The number of nitrogens with zero attached hydrogens (tertiary/aromatic N) is 1. The first kappa shape index (κ1) is 13.5. The van der Waals surface area contributed by atoms with E-state index >= 15 is 0 Å². The van der Waals surface area contributed by atoms with E-state index < -0.39 is 5.41 Å². The molecular formula is C10H15NOS2. The molecule has 0 heterocycles. The van der Waals surface area contributed by atoms with Gasteiger partial charge in [-0.2, -0.15) is 5.26 Å². The van der Waals surface area contributed by atoms with Crippen molar-refractivity contribution >= 4 is 34.4 Å². The monoisotopic (exact) mass is 229 g/mol. The van der Waals surface area contributed by atoms with Crippen molar-refractivity contribution in [2.75, 3.05) is 0 Å². The quantitative estimate of drug-likeness (QED) is 0.709. The molecule has 0 aromatic carbocycles. The van der Waals surface area contributed by atoms with E-state index in [1.54, 1.807) is 0 Å². The van der Waals surface area contributed by atoms with Crippen LogP contribution in [0.3, 0.4) is 0 Å². The van der Waals surface area contributed by atoms with Crippen LogP contribution in [0.5, 0.6) is 0 Å². The van der Waals surface area contributed by atoms with Crippen LogP contribution in [0.2, 0.25) is 0 Å². The highest BCUT2D eigenvalue weighted by molar-refractivity contribution is 7.80. The first-order chi connectivity index (χ1) is 6.46. The summed E-state index contributed by atoms with van der Waals surface area (Å²) >= 11 is 9.76. The van der Waals surface area contributed by atoms with Crippen LogP contribution in [0.15, 0.2) is 0 Å². The molecule has 0 spiro atoms. The van der Waals surface area contributed by atoms with Crippen molar-refractivity contribution in [3.8, 4) is 6.07 Å². The van der Waals surface area contributed by atoms with Gasteiger partial charge in [0.2, 0.25) is 0 Å². The fourth-order valence-electron chi connectivity index (χ4n) is 1.12. The fraction of sp³-hybridized carbons (Fsp3) is 0.700. The van der Waals surface area contributed by atoms with E-state index in [4.69, 9.17) is 22.6 Å². The molecule has 78 valence electrons. The molecule has 1 unspecified atom stereocenters. The standard InChI is InChI=1S/C10H15NOS2/c1-3-4-8(13)10(2,7-11)6-5-9(12)14/h3-6H2,1-2H3,(H,12,14). The van der Waals surface area contributed by atoms with Crippen LogP contribution in [0.1, 0.15) is 39.5 Å². The van der Waals surface area contributed by atoms with Gasteiger partial charge in [-0.05, 0) is 32.0 Å². The van der Waals surface area contributed by atoms with E-state index in [1.807, 2.05) is 13.8 Å². The Kier molecular flexibility index (Phi) is 5.82. The third kappa shape index (κ3) is 4.12. The normalized spacial score (nSPS) is 14.1. The van der Waals surface area contributed by atoms with Crippen LogP contribution in [0.4, 0.5) is 0 Å². The molecular weight excluding hydrogens is 214 g/mol. The molecule has 0 radical (unpaired) electrons. The molecule has 0 saturated carbocycles. The van der Waals surface area contributed by atoms with Gasteiger partial charge in [0.15, 0.2) is 5.05 Å². The highest BCUT2D eigenvalue weighted by Crippen LogP contribution is 2.27. The zero-order valence-electron chi connectivity index (χ0n) is 8.54. The zero-order valence-corrected chi connectivity index (χ0v) is 10.2. The average Bonchev–Trinajstić information content (AvgIpc) is 2.14. The molecule has 1 atom stereocenters. The van der Waals surface area contributed by atoms with E-state index in [-0.39, 0.29) is 5.05 Å². The molecule has 0 rings (SSSR count). The number of nitriles is 1. The Labute approximate surface area is 95.9 Å². The molecule has 0 amide bonds. The van der Waals surface area contributed by atoms with Crippen molar-refractivity contribution in [1.82, 2.24) is 0 Å². The maximum absolute atomic E-state index is 9.03. The lowest BCUT2D eigenvalue weighted by molar-refractivity contribution is 0.504. The van der Waals surface area contributed by atoms with E-state index in [1.165, 1.54) is 0 Å². The molecule has 4 heteroatoms. The third-order valence-corrected chi connectivity index (χ3v) is 3.04. The number of aliphatic hydroxyl groups excluding tert-OH is 1. The van der Waals surface area contributed by atoms with Gasteiger partial charge in [-0.25, -0.2) is 0 Å². The number of hydrogen-bond acceptors (Lipinski definition) is 3. The van der Waals surface area contributed by atoms with Gasteiger partial charge >= 0.3 is 0 Å². The lowest BCUT2D eigenvalue weighted by atomic mass is 9.82. The van der Waals surface area contributed by atoms with Crippen molar-refractivity contribution in [2.45, 2.75) is 39.5 Å². The second-order valence-electron chi connectivity index (χ2n) is 3.51. The highest BCUT2D eigenvalue weighted by atomic mass is 32.1. The average molecular weight is 229 g/mol. The Morgan fingerprint density at radius 1 is 1.43 bits per heavy atom. The Morgan fingerprint density at radius 2 is 2.00 bits per heavy atom. The van der Waals surface area contributed by atoms with Gasteiger partial charge in [0.1, 0.15) is 0 Å². The van der Waals surface area contributed by atoms with Crippen LogP contribution < -0.4 is 0 Å². The first-order valence-corrected chi connectivity index (χ1v) is 5.44. The Morgan fingerprint density at radius 3 is 2.36 bits per heavy atom. The fourth-order valence-corrected chi connectivity index (χ4v) is 1.57. The second-order valence-corrected chi connectivity index (χ2v) is 4.47. The van der Waals surface area contributed by atoms with Gasteiger partial charge in [0.05, 0.1) is 11.5 Å². The largest absolute Gasteiger partial charge is 0.502 e.